The van der Waals surface area contributed by atoms with Gasteiger partial charge in [-0.3, -0.25) is 4.79 Å². The molecule has 0 saturated heterocycles. The van der Waals surface area contributed by atoms with E-state index < -0.39 is 0 Å². The van der Waals surface area contributed by atoms with Crippen LogP contribution in [0.25, 0.3) is 0 Å². The third kappa shape index (κ3) is 19.5. The Bertz CT molecular complexity index is 267. The highest BCUT2D eigenvalue weighted by Gasteiger charge is 2.02. The number of unbranched alkanes of at least 4 members (excludes halogenated alkanes) is 13. The van der Waals surface area contributed by atoms with Crippen LogP contribution in [0.1, 0.15) is 103 Å². The second kappa shape index (κ2) is 18.8. The zero-order chi connectivity index (χ0) is 17.9. The van der Waals surface area contributed by atoms with Crippen molar-refractivity contribution in [3.63, 3.8) is 0 Å². The summed E-state index contributed by atoms with van der Waals surface area (Å²) in [6.07, 6.45) is 19.4. The number of likely N-dealkylation sites (N-methyl/N-ethyl adjacent to an activating group) is 1. The summed E-state index contributed by atoms with van der Waals surface area (Å²) in [6, 6.07) is 0. The highest BCUT2D eigenvalue weighted by atomic mass is 16.5. The number of ether oxygens (including phenoxy) is 1. The number of rotatable bonds is 18. The molecule has 3 heteroatoms. The van der Waals surface area contributed by atoms with Crippen molar-refractivity contribution >= 4 is 5.97 Å². The van der Waals surface area contributed by atoms with E-state index in [2.05, 4.69) is 6.92 Å². The van der Waals surface area contributed by atoms with Gasteiger partial charge in [-0.25, -0.2) is 0 Å². The summed E-state index contributed by atoms with van der Waals surface area (Å²) in [7, 11) is 3.98. The minimum atomic E-state index is -0.0317. The molecule has 0 aliphatic heterocycles. The summed E-state index contributed by atoms with van der Waals surface area (Å²) < 4.78 is 5.19. The predicted molar refractivity (Wildman–Crippen MR) is 104 cm³/mol. The Labute approximate surface area is 151 Å². The maximum Gasteiger partial charge on any atom is 0.305 e. The molecule has 0 radical (unpaired) electrons. The monoisotopic (exact) mass is 341 g/mol. The highest BCUT2D eigenvalue weighted by Crippen LogP contribution is 2.13. The minimum Gasteiger partial charge on any atom is -0.464 e. The molecule has 0 unspecified atom stereocenters. The number of hydrogen-bond acceptors (Lipinski definition) is 3. The lowest BCUT2D eigenvalue weighted by atomic mass is 10.0. The fraction of sp³-hybridized carbons (Fsp3) is 0.952. The third-order valence-electron chi connectivity index (χ3n) is 4.54. The molecule has 0 rings (SSSR count). The minimum absolute atomic E-state index is 0.0317. The Hall–Kier alpha value is -0.570. The standard InChI is InChI=1S/C21H43NO2/c1-4-5-6-7-8-9-10-11-12-13-14-15-16-17-18-21(23)24-20-19-22(2)3/h4-20H2,1-3H3. The molecular formula is C21H43NO2. The summed E-state index contributed by atoms with van der Waals surface area (Å²) in [5, 5.41) is 0. The van der Waals surface area contributed by atoms with Crippen molar-refractivity contribution in [3.05, 3.63) is 0 Å². The molecule has 3 nitrogen and oxygen atoms in total. The van der Waals surface area contributed by atoms with Gasteiger partial charge in [0.25, 0.3) is 0 Å². The van der Waals surface area contributed by atoms with E-state index in [0.29, 0.717) is 13.0 Å². The van der Waals surface area contributed by atoms with Crippen LogP contribution in [0.3, 0.4) is 0 Å². The van der Waals surface area contributed by atoms with E-state index in [0.717, 1.165) is 13.0 Å². The zero-order valence-electron chi connectivity index (χ0n) is 16.8. The number of nitrogens with zero attached hydrogens (tertiary/aromatic N) is 1. The van der Waals surface area contributed by atoms with Crippen molar-refractivity contribution in [3.8, 4) is 0 Å². The maximum absolute atomic E-state index is 11.5. The van der Waals surface area contributed by atoms with E-state index >= 15 is 0 Å². The summed E-state index contributed by atoms with van der Waals surface area (Å²) in [5.74, 6) is -0.0317. The summed E-state index contributed by atoms with van der Waals surface area (Å²) in [5.41, 5.74) is 0. The van der Waals surface area contributed by atoms with Crippen molar-refractivity contribution in [1.29, 1.82) is 0 Å². The van der Waals surface area contributed by atoms with Gasteiger partial charge < -0.3 is 9.64 Å². The predicted octanol–water partition coefficient (Wildman–Crippen LogP) is 5.96. The first-order chi connectivity index (χ1) is 11.7. The Balaban J connectivity index is 3.10. The first-order valence-electron chi connectivity index (χ1n) is 10.5. The SMILES string of the molecule is CCCCCCCCCCCCCCCCC(=O)OCCN(C)C. The highest BCUT2D eigenvalue weighted by molar-refractivity contribution is 5.69. The van der Waals surface area contributed by atoms with E-state index in [1.807, 2.05) is 19.0 Å². The molecule has 0 amide bonds. The van der Waals surface area contributed by atoms with Gasteiger partial charge in [0.1, 0.15) is 6.61 Å². The van der Waals surface area contributed by atoms with Crippen molar-refractivity contribution < 1.29 is 9.53 Å². The lowest BCUT2D eigenvalue weighted by Gasteiger charge is -2.09. The summed E-state index contributed by atoms with van der Waals surface area (Å²) >= 11 is 0. The molecule has 0 aromatic heterocycles. The molecule has 24 heavy (non-hydrogen) atoms. The van der Waals surface area contributed by atoms with E-state index in [1.165, 1.54) is 83.5 Å². The van der Waals surface area contributed by atoms with E-state index in [1.54, 1.807) is 0 Å². The van der Waals surface area contributed by atoms with Crippen LogP contribution in [-0.2, 0) is 9.53 Å². The van der Waals surface area contributed by atoms with Crippen LogP contribution in [0.5, 0.6) is 0 Å². The van der Waals surface area contributed by atoms with Gasteiger partial charge in [-0.2, -0.15) is 0 Å². The van der Waals surface area contributed by atoms with Gasteiger partial charge in [-0.05, 0) is 20.5 Å². The normalized spacial score (nSPS) is 11.2. The van der Waals surface area contributed by atoms with E-state index in [4.69, 9.17) is 4.74 Å². The van der Waals surface area contributed by atoms with Gasteiger partial charge in [-0.1, -0.05) is 90.4 Å². The average Bonchev–Trinajstić information content (AvgIpc) is 2.55. The summed E-state index contributed by atoms with van der Waals surface area (Å²) in [4.78, 5) is 13.5. The number of carbonyl (C=O) groups is 1. The Morgan fingerprint density at radius 2 is 1.12 bits per heavy atom. The molecule has 0 fully saturated rings. The quantitative estimate of drug-likeness (QED) is 0.227. The second-order valence-corrected chi connectivity index (χ2v) is 7.37. The molecule has 0 bridgehead atoms. The van der Waals surface area contributed by atoms with Crippen LogP contribution >= 0.6 is 0 Å². The van der Waals surface area contributed by atoms with Crippen LogP contribution in [0.2, 0.25) is 0 Å². The van der Waals surface area contributed by atoms with Crippen LogP contribution in [0.4, 0.5) is 0 Å². The molecule has 144 valence electrons. The van der Waals surface area contributed by atoms with Crippen molar-refractivity contribution in [2.45, 2.75) is 103 Å². The molecule has 0 aliphatic rings. The summed E-state index contributed by atoms with van der Waals surface area (Å²) in [6.45, 7) is 3.60. The first-order valence-corrected chi connectivity index (χ1v) is 10.5. The Morgan fingerprint density at radius 3 is 1.54 bits per heavy atom. The Kier molecular flexibility index (Phi) is 18.3. The molecule has 0 aliphatic carbocycles. The zero-order valence-corrected chi connectivity index (χ0v) is 16.8. The Morgan fingerprint density at radius 1 is 0.708 bits per heavy atom. The second-order valence-electron chi connectivity index (χ2n) is 7.37. The van der Waals surface area contributed by atoms with Gasteiger partial charge in [0.2, 0.25) is 0 Å². The molecular weight excluding hydrogens is 298 g/mol. The van der Waals surface area contributed by atoms with Gasteiger partial charge in [-0.15, -0.1) is 0 Å². The van der Waals surface area contributed by atoms with Crippen LogP contribution in [0.15, 0.2) is 0 Å². The van der Waals surface area contributed by atoms with Gasteiger partial charge in [0.05, 0.1) is 0 Å². The van der Waals surface area contributed by atoms with Gasteiger partial charge >= 0.3 is 5.97 Å². The number of esters is 1. The molecule has 0 aromatic rings. The molecule has 0 saturated carbocycles. The average molecular weight is 342 g/mol. The fourth-order valence-corrected chi connectivity index (χ4v) is 2.88. The largest absolute Gasteiger partial charge is 0.464 e. The third-order valence-corrected chi connectivity index (χ3v) is 4.54. The van der Waals surface area contributed by atoms with Crippen LogP contribution < -0.4 is 0 Å². The van der Waals surface area contributed by atoms with Crippen LogP contribution in [0, 0.1) is 0 Å². The number of carbonyl (C=O) groups excluding carboxylic acids is 1. The molecule has 0 aromatic carbocycles. The number of hydrogen-bond donors (Lipinski definition) is 0. The topological polar surface area (TPSA) is 29.5 Å². The lowest BCUT2D eigenvalue weighted by molar-refractivity contribution is -0.144. The fourth-order valence-electron chi connectivity index (χ4n) is 2.88. The van der Waals surface area contributed by atoms with Gasteiger partial charge in [0.15, 0.2) is 0 Å². The lowest BCUT2D eigenvalue weighted by Crippen LogP contribution is -2.20. The van der Waals surface area contributed by atoms with Crippen molar-refractivity contribution in [2.24, 2.45) is 0 Å². The molecule has 0 atom stereocenters. The van der Waals surface area contributed by atoms with Gasteiger partial charge in [0, 0.05) is 13.0 Å². The van der Waals surface area contributed by atoms with E-state index in [-0.39, 0.29) is 5.97 Å². The smallest absolute Gasteiger partial charge is 0.305 e. The van der Waals surface area contributed by atoms with Crippen molar-refractivity contribution in [1.82, 2.24) is 4.90 Å². The molecule has 0 heterocycles. The van der Waals surface area contributed by atoms with Crippen molar-refractivity contribution in [2.75, 3.05) is 27.2 Å². The van der Waals surface area contributed by atoms with E-state index in [9.17, 15) is 4.79 Å². The van der Waals surface area contributed by atoms with Crippen LogP contribution in [-0.4, -0.2) is 38.1 Å². The first kappa shape index (κ1) is 23.4. The molecule has 0 N–H and O–H groups in total. The molecule has 0 spiro atoms. The maximum atomic E-state index is 11.5.